The summed E-state index contributed by atoms with van der Waals surface area (Å²) < 4.78 is 0. The van der Waals surface area contributed by atoms with Gasteiger partial charge < -0.3 is 11.5 Å². The molecule has 1 unspecified atom stereocenters. The van der Waals surface area contributed by atoms with Crippen LogP contribution in [0.1, 0.15) is 6.42 Å². The minimum Gasteiger partial charge on any atom is -0.330 e. The maximum absolute atomic E-state index is 5.39. The number of rotatable bonds is 3. The van der Waals surface area contributed by atoms with Crippen LogP contribution in [0.3, 0.4) is 0 Å². The fourth-order valence-electron chi connectivity index (χ4n) is 0.310. The number of nitrogens with two attached hydrogens (primary N) is 2. The first-order chi connectivity index (χ1) is 3.31. The normalized spacial score (nSPS) is 13.4. The summed E-state index contributed by atoms with van der Waals surface area (Å²) in [4.78, 5) is 0. The molecule has 0 radical (unpaired) electrons. The van der Waals surface area contributed by atoms with E-state index < -0.39 is 0 Å². The summed E-state index contributed by atoms with van der Waals surface area (Å²) in [7, 11) is 0. The van der Waals surface area contributed by atoms with Crippen molar-refractivity contribution >= 4 is 0 Å². The van der Waals surface area contributed by atoms with E-state index in [1.807, 2.05) is 0 Å². The average molecular weight is 100 g/mol. The molecular formula is C5H12N2. The van der Waals surface area contributed by atoms with Gasteiger partial charge in [-0.1, -0.05) is 6.08 Å². The molecule has 0 heterocycles. The van der Waals surface area contributed by atoms with E-state index >= 15 is 0 Å². The van der Waals surface area contributed by atoms with Crippen LogP contribution >= 0.6 is 0 Å². The summed E-state index contributed by atoms with van der Waals surface area (Å²) in [6.07, 6.45) is 2.54. The second-order valence-electron chi connectivity index (χ2n) is 1.48. The Morgan fingerprint density at radius 1 is 1.71 bits per heavy atom. The Kier molecular flexibility index (Phi) is 3.65. The lowest BCUT2D eigenvalue weighted by molar-refractivity contribution is 0.733. The van der Waals surface area contributed by atoms with Crippen molar-refractivity contribution in [3.63, 3.8) is 0 Å². The second-order valence-corrected chi connectivity index (χ2v) is 1.48. The number of hydrogen-bond acceptors (Lipinski definition) is 2. The maximum atomic E-state index is 5.39. The quantitative estimate of drug-likeness (QED) is 0.484. The molecule has 0 bridgehead atoms. The lowest BCUT2D eigenvalue weighted by Gasteiger charge is -1.99. The van der Waals surface area contributed by atoms with Crippen molar-refractivity contribution in [3.8, 4) is 0 Å². The smallest absolute Gasteiger partial charge is 0.0233 e. The lowest BCUT2D eigenvalue weighted by Crippen LogP contribution is -2.20. The van der Waals surface area contributed by atoms with E-state index in [0.717, 1.165) is 6.42 Å². The van der Waals surface area contributed by atoms with Crippen LogP contribution in [0.25, 0.3) is 0 Å². The van der Waals surface area contributed by atoms with E-state index in [1.54, 1.807) is 6.08 Å². The Morgan fingerprint density at radius 2 is 2.29 bits per heavy atom. The third kappa shape index (κ3) is 3.49. The molecule has 0 aromatic rings. The molecule has 0 saturated carbocycles. The molecule has 2 nitrogen and oxygen atoms in total. The van der Waals surface area contributed by atoms with Crippen LogP contribution in [0.2, 0.25) is 0 Å². The molecule has 1 atom stereocenters. The monoisotopic (exact) mass is 100 g/mol. The Balaban J connectivity index is 2.98. The van der Waals surface area contributed by atoms with Gasteiger partial charge in [0.05, 0.1) is 0 Å². The molecule has 42 valence electrons. The van der Waals surface area contributed by atoms with Gasteiger partial charge in [-0.25, -0.2) is 0 Å². The fraction of sp³-hybridized carbons (Fsp3) is 0.600. The van der Waals surface area contributed by atoms with Crippen molar-refractivity contribution in [3.05, 3.63) is 12.7 Å². The lowest BCUT2D eigenvalue weighted by atomic mass is 10.2. The van der Waals surface area contributed by atoms with E-state index in [-0.39, 0.29) is 6.04 Å². The predicted molar refractivity (Wildman–Crippen MR) is 31.8 cm³/mol. The van der Waals surface area contributed by atoms with Crippen molar-refractivity contribution < 1.29 is 0 Å². The van der Waals surface area contributed by atoms with Crippen LogP contribution in [0.5, 0.6) is 0 Å². The maximum Gasteiger partial charge on any atom is 0.0233 e. The second kappa shape index (κ2) is 3.84. The average Bonchev–Trinajstić information content (AvgIpc) is 1.68. The molecule has 0 spiro atoms. The van der Waals surface area contributed by atoms with Crippen LogP contribution in [0.15, 0.2) is 12.7 Å². The third-order valence-corrected chi connectivity index (χ3v) is 0.803. The molecule has 0 aromatic carbocycles. The van der Waals surface area contributed by atoms with Gasteiger partial charge in [-0.15, -0.1) is 6.58 Å². The minimum atomic E-state index is 0.0880. The summed E-state index contributed by atoms with van der Waals surface area (Å²) >= 11 is 0. The van der Waals surface area contributed by atoms with Crippen molar-refractivity contribution in [2.24, 2.45) is 11.5 Å². The Labute approximate surface area is 44.2 Å². The summed E-state index contributed by atoms with van der Waals surface area (Å²) in [5.74, 6) is 0. The van der Waals surface area contributed by atoms with Crippen LogP contribution in [-0.2, 0) is 0 Å². The fourth-order valence-corrected chi connectivity index (χ4v) is 0.310. The highest BCUT2D eigenvalue weighted by Gasteiger charge is 1.89. The molecule has 0 aliphatic heterocycles. The van der Waals surface area contributed by atoms with Gasteiger partial charge in [0, 0.05) is 6.04 Å². The first-order valence-corrected chi connectivity index (χ1v) is 2.39. The van der Waals surface area contributed by atoms with E-state index in [0.29, 0.717) is 6.54 Å². The zero-order chi connectivity index (χ0) is 5.70. The molecule has 7 heavy (non-hydrogen) atoms. The van der Waals surface area contributed by atoms with Gasteiger partial charge in [0.1, 0.15) is 0 Å². The van der Waals surface area contributed by atoms with Gasteiger partial charge >= 0.3 is 0 Å². The molecule has 0 saturated heterocycles. The summed E-state index contributed by atoms with van der Waals surface area (Å²) in [5.41, 5.74) is 10.6. The van der Waals surface area contributed by atoms with Gasteiger partial charge in [-0.3, -0.25) is 0 Å². The highest BCUT2D eigenvalue weighted by Crippen LogP contribution is 1.82. The molecule has 0 aromatic heterocycles. The third-order valence-electron chi connectivity index (χ3n) is 0.803. The van der Waals surface area contributed by atoms with Crippen molar-refractivity contribution in [2.45, 2.75) is 12.5 Å². The standard InChI is InChI=1S/C5H12N2/c1-2-5(7)3-4-6/h2,5H,1,3-4,6-7H2. The van der Waals surface area contributed by atoms with E-state index in [2.05, 4.69) is 6.58 Å². The summed E-state index contributed by atoms with van der Waals surface area (Å²) in [5, 5.41) is 0. The summed E-state index contributed by atoms with van der Waals surface area (Å²) in [6.45, 7) is 4.14. The first-order valence-electron chi connectivity index (χ1n) is 2.39. The minimum absolute atomic E-state index is 0.0880. The molecule has 0 aliphatic carbocycles. The largest absolute Gasteiger partial charge is 0.330 e. The number of hydrogen-bond donors (Lipinski definition) is 2. The molecule has 4 N–H and O–H groups in total. The van der Waals surface area contributed by atoms with Crippen molar-refractivity contribution in [2.75, 3.05) is 6.54 Å². The molecule has 0 aliphatic rings. The molecular weight excluding hydrogens is 88.1 g/mol. The van der Waals surface area contributed by atoms with Crippen LogP contribution in [-0.4, -0.2) is 12.6 Å². The van der Waals surface area contributed by atoms with Gasteiger partial charge in [0.2, 0.25) is 0 Å². The van der Waals surface area contributed by atoms with Crippen molar-refractivity contribution in [1.82, 2.24) is 0 Å². The van der Waals surface area contributed by atoms with Gasteiger partial charge in [0.15, 0.2) is 0 Å². The molecule has 0 rings (SSSR count). The van der Waals surface area contributed by atoms with Gasteiger partial charge in [-0.05, 0) is 13.0 Å². The summed E-state index contributed by atoms with van der Waals surface area (Å²) in [6, 6.07) is 0.0880. The molecule has 2 heteroatoms. The topological polar surface area (TPSA) is 52.0 Å². The first kappa shape index (κ1) is 6.66. The SMILES string of the molecule is C=CC(N)CCN. The van der Waals surface area contributed by atoms with Crippen molar-refractivity contribution in [1.29, 1.82) is 0 Å². The highest BCUT2D eigenvalue weighted by atomic mass is 14.6. The molecule has 0 fully saturated rings. The van der Waals surface area contributed by atoms with Gasteiger partial charge in [-0.2, -0.15) is 0 Å². The predicted octanol–water partition coefficient (Wildman–Crippen LogP) is -0.151. The van der Waals surface area contributed by atoms with Crippen LogP contribution in [0.4, 0.5) is 0 Å². The van der Waals surface area contributed by atoms with E-state index in [1.165, 1.54) is 0 Å². The zero-order valence-corrected chi connectivity index (χ0v) is 4.43. The van der Waals surface area contributed by atoms with Crippen LogP contribution in [0, 0.1) is 0 Å². The Morgan fingerprint density at radius 3 is 2.43 bits per heavy atom. The van der Waals surface area contributed by atoms with Gasteiger partial charge in [0.25, 0.3) is 0 Å². The van der Waals surface area contributed by atoms with Crippen LogP contribution < -0.4 is 11.5 Å². The molecule has 0 amide bonds. The Bertz CT molecular complexity index is 52.0. The zero-order valence-electron chi connectivity index (χ0n) is 4.43. The van der Waals surface area contributed by atoms with E-state index in [9.17, 15) is 0 Å². The highest BCUT2D eigenvalue weighted by molar-refractivity contribution is 4.81. The van der Waals surface area contributed by atoms with E-state index in [4.69, 9.17) is 11.5 Å². The Hall–Kier alpha value is -0.340.